The number of thioether (sulfide) groups is 1. The highest BCUT2D eigenvalue weighted by atomic mass is 35.5. The van der Waals surface area contributed by atoms with Crippen LogP contribution >= 0.6 is 23.4 Å². The van der Waals surface area contributed by atoms with Crippen molar-refractivity contribution in [1.29, 1.82) is 0 Å². The monoisotopic (exact) mass is 433 g/mol. The van der Waals surface area contributed by atoms with E-state index in [1.807, 2.05) is 24.3 Å². The molecule has 1 heterocycles. The maximum absolute atomic E-state index is 12.1. The second kappa shape index (κ2) is 10.0. The highest BCUT2D eigenvalue weighted by Crippen LogP contribution is 2.20. The topological polar surface area (TPSA) is 104 Å². The number of nitrogen functional groups attached to an aromatic ring is 1. The van der Waals surface area contributed by atoms with Gasteiger partial charge in [0.2, 0.25) is 11.1 Å². The largest absolute Gasteiger partial charge is 0.497 e. The number of carbonyl (C=O) groups excluding carboxylic acids is 1. The molecule has 0 spiro atoms. The summed E-state index contributed by atoms with van der Waals surface area (Å²) >= 11 is 7.04. The lowest BCUT2D eigenvalue weighted by molar-refractivity contribution is -0.118. The van der Waals surface area contributed by atoms with Gasteiger partial charge < -0.3 is 20.6 Å². The summed E-state index contributed by atoms with van der Waals surface area (Å²) in [5.41, 5.74) is 0.965. The molecule has 0 aliphatic carbocycles. The first-order valence-electron chi connectivity index (χ1n) is 8.65. The Morgan fingerprint density at radius 1 is 1.21 bits per heavy atom. The molecule has 3 aromatic rings. The molecule has 0 bridgehead atoms. The molecule has 1 aromatic heterocycles. The average molecular weight is 434 g/mol. The van der Waals surface area contributed by atoms with E-state index in [1.54, 1.807) is 31.4 Å². The standard InChI is InChI=1S/C19H20ClN5O3S/c1-27-15-3-2-4-16(9-15)28-11-17-23-24-19(25(17)21)29-12-18(26)22-10-13-5-7-14(20)8-6-13/h2-9H,10-12,21H2,1H3,(H,22,26). The summed E-state index contributed by atoms with van der Waals surface area (Å²) in [4.78, 5) is 12.1. The van der Waals surface area contributed by atoms with Crippen LogP contribution in [-0.2, 0) is 17.9 Å². The summed E-state index contributed by atoms with van der Waals surface area (Å²) in [5.74, 6) is 7.80. The van der Waals surface area contributed by atoms with Crippen molar-refractivity contribution in [2.75, 3.05) is 18.7 Å². The Morgan fingerprint density at radius 3 is 2.72 bits per heavy atom. The predicted octanol–water partition coefficient (Wildman–Crippen LogP) is 2.64. The fraction of sp³-hybridized carbons (Fsp3) is 0.211. The van der Waals surface area contributed by atoms with Gasteiger partial charge in [0.1, 0.15) is 18.1 Å². The first-order chi connectivity index (χ1) is 14.0. The van der Waals surface area contributed by atoms with Gasteiger partial charge in [-0.1, -0.05) is 41.6 Å². The number of methoxy groups -OCH3 is 1. The Kier molecular flexibility index (Phi) is 7.20. The van der Waals surface area contributed by atoms with Gasteiger partial charge in [-0.05, 0) is 29.8 Å². The van der Waals surface area contributed by atoms with Gasteiger partial charge in [-0.2, -0.15) is 0 Å². The minimum atomic E-state index is -0.137. The Bertz CT molecular complexity index is 965. The number of nitrogens with zero attached hydrogens (tertiary/aromatic N) is 3. The smallest absolute Gasteiger partial charge is 0.230 e. The summed E-state index contributed by atoms with van der Waals surface area (Å²) in [6, 6.07) is 14.5. The SMILES string of the molecule is COc1cccc(OCc2nnc(SCC(=O)NCc3ccc(Cl)cc3)n2N)c1. The average Bonchev–Trinajstić information content (AvgIpc) is 3.10. The second-order valence-electron chi connectivity index (χ2n) is 5.93. The Morgan fingerprint density at radius 2 is 1.97 bits per heavy atom. The van der Waals surface area contributed by atoms with Crippen LogP contribution in [-0.4, -0.2) is 33.6 Å². The van der Waals surface area contributed by atoms with Crippen LogP contribution in [0.15, 0.2) is 53.7 Å². The fourth-order valence-corrected chi connectivity index (χ4v) is 3.16. The summed E-state index contributed by atoms with van der Waals surface area (Å²) in [5, 5.41) is 12.0. The van der Waals surface area contributed by atoms with Crippen molar-refractivity contribution in [2.45, 2.75) is 18.3 Å². The molecule has 0 aliphatic rings. The lowest BCUT2D eigenvalue weighted by Gasteiger charge is -2.08. The van der Waals surface area contributed by atoms with Gasteiger partial charge in [-0.25, -0.2) is 4.68 Å². The molecule has 0 atom stereocenters. The van der Waals surface area contributed by atoms with Crippen molar-refractivity contribution in [2.24, 2.45) is 0 Å². The minimum absolute atomic E-state index is 0.137. The highest BCUT2D eigenvalue weighted by Gasteiger charge is 2.13. The van der Waals surface area contributed by atoms with Crippen LogP contribution in [0, 0.1) is 0 Å². The normalized spacial score (nSPS) is 10.6. The van der Waals surface area contributed by atoms with E-state index in [1.165, 1.54) is 16.4 Å². The van der Waals surface area contributed by atoms with Gasteiger partial charge in [-0.15, -0.1) is 10.2 Å². The van der Waals surface area contributed by atoms with E-state index in [-0.39, 0.29) is 18.3 Å². The lowest BCUT2D eigenvalue weighted by Crippen LogP contribution is -2.25. The summed E-state index contributed by atoms with van der Waals surface area (Å²) in [7, 11) is 1.59. The fourth-order valence-electron chi connectivity index (χ4n) is 2.33. The Labute approximate surface area is 177 Å². The van der Waals surface area contributed by atoms with Crippen molar-refractivity contribution >= 4 is 29.3 Å². The molecule has 0 saturated carbocycles. The van der Waals surface area contributed by atoms with Crippen molar-refractivity contribution in [3.8, 4) is 11.5 Å². The molecule has 8 nitrogen and oxygen atoms in total. The molecule has 0 fully saturated rings. The Balaban J connectivity index is 1.47. The third-order valence-electron chi connectivity index (χ3n) is 3.88. The number of hydrogen-bond acceptors (Lipinski definition) is 7. The third kappa shape index (κ3) is 6.03. The maximum Gasteiger partial charge on any atom is 0.230 e. The third-order valence-corrected chi connectivity index (χ3v) is 5.07. The van der Waals surface area contributed by atoms with Gasteiger partial charge in [0.15, 0.2) is 5.82 Å². The number of benzene rings is 2. The van der Waals surface area contributed by atoms with E-state index in [0.29, 0.717) is 34.0 Å². The number of aromatic nitrogens is 3. The molecule has 10 heteroatoms. The van der Waals surface area contributed by atoms with E-state index in [9.17, 15) is 4.79 Å². The predicted molar refractivity (Wildman–Crippen MR) is 112 cm³/mol. The molecule has 1 amide bonds. The van der Waals surface area contributed by atoms with Crippen LogP contribution in [0.3, 0.4) is 0 Å². The molecule has 0 aliphatic heterocycles. The number of ether oxygens (including phenoxy) is 2. The molecule has 0 radical (unpaired) electrons. The molecule has 2 aromatic carbocycles. The first kappa shape index (κ1) is 20.8. The number of carbonyl (C=O) groups is 1. The van der Waals surface area contributed by atoms with Crippen LogP contribution in [0.2, 0.25) is 5.02 Å². The zero-order valence-electron chi connectivity index (χ0n) is 15.7. The molecule has 29 heavy (non-hydrogen) atoms. The zero-order chi connectivity index (χ0) is 20.6. The molecular weight excluding hydrogens is 414 g/mol. The van der Waals surface area contributed by atoms with Crippen LogP contribution in [0.1, 0.15) is 11.4 Å². The van der Waals surface area contributed by atoms with Crippen LogP contribution in [0.25, 0.3) is 0 Å². The second-order valence-corrected chi connectivity index (χ2v) is 7.31. The number of nitrogens with one attached hydrogen (secondary N) is 1. The van der Waals surface area contributed by atoms with Crippen LogP contribution in [0.5, 0.6) is 11.5 Å². The van der Waals surface area contributed by atoms with Gasteiger partial charge >= 0.3 is 0 Å². The number of hydrogen-bond donors (Lipinski definition) is 2. The van der Waals surface area contributed by atoms with E-state index >= 15 is 0 Å². The molecule has 0 unspecified atom stereocenters. The quantitative estimate of drug-likeness (QED) is 0.395. The number of rotatable bonds is 9. The molecule has 3 N–H and O–H groups in total. The van der Waals surface area contributed by atoms with Crippen molar-refractivity contribution < 1.29 is 14.3 Å². The lowest BCUT2D eigenvalue weighted by atomic mass is 10.2. The summed E-state index contributed by atoms with van der Waals surface area (Å²) < 4.78 is 12.1. The van der Waals surface area contributed by atoms with Gasteiger partial charge in [0.25, 0.3) is 0 Å². The minimum Gasteiger partial charge on any atom is -0.497 e. The van der Waals surface area contributed by atoms with Gasteiger partial charge in [-0.3, -0.25) is 4.79 Å². The van der Waals surface area contributed by atoms with Crippen LogP contribution < -0.4 is 20.6 Å². The maximum atomic E-state index is 12.1. The van der Waals surface area contributed by atoms with E-state index in [4.69, 9.17) is 26.9 Å². The number of amides is 1. The Hall–Kier alpha value is -2.91. The molecule has 0 saturated heterocycles. The van der Waals surface area contributed by atoms with Crippen molar-refractivity contribution in [3.63, 3.8) is 0 Å². The number of halogens is 1. The summed E-state index contributed by atoms with van der Waals surface area (Å²) in [6.07, 6.45) is 0. The molecule has 152 valence electrons. The molecule has 3 rings (SSSR count). The first-order valence-corrected chi connectivity index (χ1v) is 10.0. The van der Waals surface area contributed by atoms with E-state index in [0.717, 1.165) is 5.56 Å². The van der Waals surface area contributed by atoms with Crippen molar-refractivity contribution in [1.82, 2.24) is 20.2 Å². The van der Waals surface area contributed by atoms with Gasteiger partial charge in [0, 0.05) is 17.6 Å². The van der Waals surface area contributed by atoms with Gasteiger partial charge in [0.05, 0.1) is 12.9 Å². The van der Waals surface area contributed by atoms with Crippen molar-refractivity contribution in [3.05, 3.63) is 64.9 Å². The highest BCUT2D eigenvalue weighted by molar-refractivity contribution is 7.99. The van der Waals surface area contributed by atoms with E-state index in [2.05, 4.69) is 15.5 Å². The van der Waals surface area contributed by atoms with E-state index < -0.39 is 0 Å². The number of nitrogens with two attached hydrogens (primary N) is 1. The molecular formula is C19H20ClN5O3S. The van der Waals surface area contributed by atoms with Crippen LogP contribution in [0.4, 0.5) is 0 Å². The summed E-state index contributed by atoms with van der Waals surface area (Å²) in [6.45, 7) is 0.561. The zero-order valence-corrected chi connectivity index (χ0v) is 17.2.